The Balaban J connectivity index is 1.50. The number of ether oxygens (including phenoxy) is 1. The highest BCUT2D eigenvalue weighted by Crippen LogP contribution is 2.32. The molecule has 0 radical (unpaired) electrons. The minimum atomic E-state index is -4.79. The first-order valence-electron chi connectivity index (χ1n) is 9.04. The molecule has 0 bridgehead atoms. The van der Waals surface area contributed by atoms with Gasteiger partial charge in [0.05, 0.1) is 17.1 Å². The van der Waals surface area contributed by atoms with Crippen molar-refractivity contribution in [3.05, 3.63) is 65.0 Å². The molecular formula is C20H15ClF3N3O3. The number of carbonyl (C=O) groups excluding carboxylic acids is 1. The first-order chi connectivity index (χ1) is 14.3. The Morgan fingerprint density at radius 1 is 1.13 bits per heavy atom. The van der Waals surface area contributed by atoms with Crippen LogP contribution in [0.2, 0.25) is 5.02 Å². The van der Waals surface area contributed by atoms with Crippen LogP contribution in [-0.2, 0) is 6.54 Å². The number of hydrogen-bond donors (Lipinski definition) is 0. The van der Waals surface area contributed by atoms with Crippen molar-refractivity contribution in [2.75, 3.05) is 0 Å². The molecule has 1 saturated carbocycles. The fourth-order valence-electron chi connectivity index (χ4n) is 2.92. The van der Waals surface area contributed by atoms with Crippen molar-refractivity contribution < 1.29 is 27.1 Å². The summed E-state index contributed by atoms with van der Waals surface area (Å²) in [5, 5.41) is 8.46. The van der Waals surface area contributed by atoms with Crippen molar-refractivity contribution in [3.8, 4) is 17.2 Å². The molecule has 1 aromatic heterocycles. The number of rotatable bonds is 6. The van der Waals surface area contributed by atoms with Crippen LogP contribution in [0.4, 0.5) is 13.2 Å². The number of carbonyl (C=O) groups is 1. The van der Waals surface area contributed by atoms with E-state index < -0.39 is 12.1 Å². The summed E-state index contributed by atoms with van der Waals surface area (Å²) in [5.74, 6) is -0.249. The van der Waals surface area contributed by atoms with E-state index in [1.165, 1.54) is 12.1 Å². The summed E-state index contributed by atoms with van der Waals surface area (Å²) in [6.07, 6.45) is -3.14. The summed E-state index contributed by atoms with van der Waals surface area (Å²) < 4.78 is 46.4. The fraction of sp³-hybridized carbons (Fsp3) is 0.250. The molecule has 0 saturated heterocycles. The van der Waals surface area contributed by atoms with Gasteiger partial charge in [-0.15, -0.1) is 23.4 Å². The van der Waals surface area contributed by atoms with Crippen molar-refractivity contribution in [1.29, 1.82) is 0 Å². The lowest BCUT2D eigenvalue weighted by Crippen LogP contribution is -2.32. The highest BCUT2D eigenvalue weighted by molar-refractivity contribution is 6.33. The molecule has 10 heteroatoms. The molecule has 156 valence electrons. The predicted molar refractivity (Wildman–Crippen MR) is 101 cm³/mol. The lowest BCUT2D eigenvalue weighted by atomic mass is 10.2. The van der Waals surface area contributed by atoms with E-state index in [2.05, 4.69) is 14.9 Å². The zero-order chi connectivity index (χ0) is 21.3. The summed E-state index contributed by atoms with van der Waals surface area (Å²) in [7, 11) is 0. The van der Waals surface area contributed by atoms with E-state index in [0.717, 1.165) is 25.0 Å². The lowest BCUT2D eigenvalue weighted by Gasteiger charge is -2.20. The molecule has 4 rings (SSSR count). The first-order valence-corrected chi connectivity index (χ1v) is 9.42. The molecule has 6 nitrogen and oxygen atoms in total. The molecule has 0 N–H and O–H groups in total. The fourth-order valence-corrected chi connectivity index (χ4v) is 3.14. The van der Waals surface area contributed by atoms with E-state index in [9.17, 15) is 18.0 Å². The molecule has 1 fully saturated rings. The molecule has 1 amide bonds. The highest BCUT2D eigenvalue weighted by atomic mass is 35.5. The minimum Gasteiger partial charge on any atom is -0.419 e. The molecule has 3 aromatic rings. The third kappa shape index (κ3) is 4.73. The first kappa shape index (κ1) is 20.2. The number of nitrogens with zero attached hydrogens (tertiary/aromatic N) is 3. The van der Waals surface area contributed by atoms with Crippen LogP contribution in [0.15, 0.2) is 52.9 Å². The molecule has 0 aliphatic heterocycles. The van der Waals surface area contributed by atoms with Gasteiger partial charge in [-0.05, 0) is 49.2 Å². The molecule has 1 heterocycles. The normalized spacial score (nSPS) is 13.9. The minimum absolute atomic E-state index is 0.0132. The number of halogens is 4. The maximum Gasteiger partial charge on any atom is 0.573 e. The van der Waals surface area contributed by atoms with Crippen LogP contribution >= 0.6 is 11.6 Å². The van der Waals surface area contributed by atoms with Gasteiger partial charge in [-0.2, -0.15) is 0 Å². The van der Waals surface area contributed by atoms with E-state index in [1.54, 1.807) is 29.2 Å². The summed E-state index contributed by atoms with van der Waals surface area (Å²) >= 11 is 6.14. The van der Waals surface area contributed by atoms with Gasteiger partial charge >= 0.3 is 6.36 Å². The van der Waals surface area contributed by atoms with Crippen molar-refractivity contribution in [3.63, 3.8) is 0 Å². The Hall–Kier alpha value is -3.07. The standard InChI is InChI=1S/C20H15ClF3N3O3/c21-16-4-2-1-3-15(16)18-26-25-17(29-18)11-27(13-7-8-13)19(28)12-5-9-14(10-6-12)30-20(22,23)24/h1-6,9-10,13H,7-8,11H2. The van der Waals surface area contributed by atoms with E-state index in [0.29, 0.717) is 10.6 Å². The quantitative estimate of drug-likeness (QED) is 0.537. The number of benzene rings is 2. The lowest BCUT2D eigenvalue weighted by molar-refractivity contribution is -0.274. The van der Waals surface area contributed by atoms with Crippen molar-refractivity contribution >= 4 is 17.5 Å². The van der Waals surface area contributed by atoms with Gasteiger partial charge in [-0.1, -0.05) is 23.7 Å². The van der Waals surface area contributed by atoms with E-state index in [4.69, 9.17) is 16.0 Å². The number of aromatic nitrogens is 2. The van der Waals surface area contributed by atoms with Gasteiger partial charge in [0.2, 0.25) is 11.8 Å². The SMILES string of the molecule is O=C(c1ccc(OC(F)(F)F)cc1)N(Cc1nnc(-c2ccccc2Cl)o1)C1CC1. The Kier molecular flexibility index (Phi) is 5.38. The monoisotopic (exact) mass is 437 g/mol. The summed E-state index contributed by atoms with van der Waals surface area (Å²) in [6.45, 7) is 0.0851. The van der Waals surface area contributed by atoms with Gasteiger partial charge < -0.3 is 14.1 Å². The van der Waals surface area contributed by atoms with Crippen LogP contribution in [0.25, 0.3) is 11.5 Å². The van der Waals surface area contributed by atoms with Crippen molar-refractivity contribution in [2.24, 2.45) is 0 Å². The third-order valence-corrected chi connectivity index (χ3v) is 4.79. The number of alkyl halides is 3. The summed E-state index contributed by atoms with van der Waals surface area (Å²) in [5.41, 5.74) is 0.824. The smallest absolute Gasteiger partial charge is 0.419 e. The Morgan fingerprint density at radius 3 is 2.47 bits per heavy atom. The molecule has 30 heavy (non-hydrogen) atoms. The van der Waals surface area contributed by atoms with E-state index in [-0.39, 0.29) is 35.8 Å². The van der Waals surface area contributed by atoms with E-state index >= 15 is 0 Å². The largest absolute Gasteiger partial charge is 0.573 e. The molecule has 2 aromatic carbocycles. The maximum atomic E-state index is 12.9. The molecule has 0 spiro atoms. The van der Waals surface area contributed by atoms with Crippen molar-refractivity contribution in [1.82, 2.24) is 15.1 Å². The Bertz CT molecular complexity index is 1050. The van der Waals surface area contributed by atoms with Crippen LogP contribution in [0.1, 0.15) is 29.1 Å². The number of amides is 1. The molecular weight excluding hydrogens is 423 g/mol. The van der Waals surface area contributed by atoms with Gasteiger partial charge in [-0.3, -0.25) is 4.79 Å². The number of hydrogen-bond acceptors (Lipinski definition) is 5. The van der Waals surface area contributed by atoms with Crippen LogP contribution in [-0.4, -0.2) is 33.4 Å². The highest BCUT2D eigenvalue weighted by Gasteiger charge is 2.35. The van der Waals surface area contributed by atoms with Crippen LogP contribution in [0, 0.1) is 0 Å². The van der Waals surface area contributed by atoms with Crippen LogP contribution in [0.3, 0.4) is 0 Å². The Labute approximate surface area is 174 Å². The zero-order valence-corrected chi connectivity index (χ0v) is 16.2. The molecule has 1 aliphatic rings. The molecule has 1 aliphatic carbocycles. The summed E-state index contributed by atoms with van der Waals surface area (Å²) in [4.78, 5) is 14.5. The zero-order valence-electron chi connectivity index (χ0n) is 15.4. The van der Waals surface area contributed by atoms with Gasteiger partial charge in [0, 0.05) is 11.6 Å². The van der Waals surface area contributed by atoms with Gasteiger partial charge in [0.15, 0.2) is 0 Å². The van der Waals surface area contributed by atoms with Gasteiger partial charge in [0.25, 0.3) is 5.91 Å². The Morgan fingerprint density at radius 2 is 1.83 bits per heavy atom. The molecule has 0 unspecified atom stereocenters. The summed E-state index contributed by atoms with van der Waals surface area (Å²) in [6, 6.07) is 11.8. The predicted octanol–water partition coefficient (Wildman–Crippen LogP) is 5.09. The van der Waals surface area contributed by atoms with E-state index in [1.807, 2.05) is 0 Å². The average molecular weight is 438 g/mol. The van der Waals surface area contributed by atoms with Crippen LogP contribution in [0.5, 0.6) is 5.75 Å². The topological polar surface area (TPSA) is 68.5 Å². The molecule has 0 atom stereocenters. The van der Waals surface area contributed by atoms with Crippen LogP contribution < -0.4 is 4.74 Å². The average Bonchev–Trinajstić information content (AvgIpc) is 3.43. The van der Waals surface area contributed by atoms with Gasteiger partial charge in [0.1, 0.15) is 5.75 Å². The third-order valence-electron chi connectivity index (χ3n) is 4.46. The maximum absolute atomic E-state index is 12.9. The van der Waals surface area contributed by atoms with Gasteiger partial charge in [-0.25, -0.2) is 0 Å². The second-order valence-electron chi connectivity index (χ2n) is 6.72. The van der Waals surface area contributed by atoms with Crippen molar-refractivity contribution in [2.45, 2.75) is 31.8 Å². The second-order valence-corrected chi connectivity index (χ2v) is 7.12. The second kappa shape index (κ2) is 7.98.